The molecule has 0 aliphatic heterocycles. The summed E-state index contributed by atoms with van der Waals surface area (Å²) in [4.78, 5) is 16.9. The molecule has 2 aromatic rings. The van der Waals surface area contributed by atoms with Crippen LogP contribution in [0, 0.1) is 0 Å². The molecule has 122 valence electrons. The summed E-state index contributed by atoms with van der Waals surface area (Å²) >= 11 is 1.38. The maximum Gasteiger partial charge on any atom is 0.290 e. The Morgan fingerprint density at radius 2 is 1.35 bits per heavy atom. The molecule has 0 unspecified atom stereocenters. The van der Waals surface area contributed by atoms with E-state index < -0.39 is 0 Å². The number of amides is 1. The molecule has 0 bridgehead atoms. The fourth-order valence-electron chi connectivity index (χ4n) is 2.38. The van der Waals surface area contributed by atoms with Crippen LogP contribution in [0.3, 0.4) is 0 Å². The number of rotatable bonds is 7. The third kappa shape index (κ3) is 5.12. The van der Waals surface area contributed by atoms with Crippen molar-refractivity contribution in [3.05, 3.63) is 60.7 Å². The molecule has 1 amide bonds. The van der Waals surface area contributed by atoms with Crippen LogP contribution in [0.5, 0.6) is 0 Å². The zero-order chi connectivity index (χ0) is 16.5. The number of para-hydroxylation sites is 2. The quantitative estimate of drug-likeness (QED) is 0.713. The van der Waals surface area contributed by atoms with E-state index in [-0.39, 0.29) is 5.24 Å². The van der Waals surface area contributed by atoms with Crippen molar-refractivity contribution >= 4 is 28.4 Å². The summed E-state index contributed by atoms with van der Waals surface area (Å²) in [6.07, 6.45) is 0. The van der Waals surface area contributed by atoms with E-state index in [9.17, 15) is 4.79 Å². The smallest absolute Gasteiger partial charge is 0.290 e. The van der Waals surface area contributed by atoms with Gasteiger partial charge < -0.3 is 4.90 Å². The van der Waals surface area contributed by atoms with E-state index in [1.54, 1.807) is 4.90 Å². The number of anilines is 2. The number of thioether (sulfide) groups is 1. The highest BCUT2D eigenvalue weighted by molar-refractivity contribution is 8.13. The van der Waals surface area contributed by atoms with Crippen molar-refractivity contribution in [2.45, 2.75) is 13.8 Å². The fourth-order valence-corrected chi connectivity index (χ4v) is 3.24. The van der Waals surface area contributed by atoms with Crippen molar-refractivity contribution in [2.75, 3.05) is 30.3 Å². The lowest BCUT2D eigenvalue weighted by Crippen LogP contribution is -2.27. The second-order valence-electron chi connectivity index (χ2n) is 5.15. The van der Waals surface area contributed by atoms with Gasteiger partial charge in [0.15, 0.2) is 0 Å². The van der Waals surface area contributed by atoms with Crippen LogP contribution in [-0.4, -0.2) is 35.5 Å². The Hall–Kier alpha value is -1.78. The lowest BCUT2D eigenvalue weighted by molar-refractivity contribution is 0.266. The van der Waals surface area contributed by atoms with Crippen molar-refractivity contribution < 1.29 is 4.79 Å². The zero-order valence-electron chi connectivity index (χ0n) is 13.8. The Morgan fingerprint density at radius 1 is 0.870 bits per heavy atom. The van der Waals surface area contributed by atoms with Crippen molar-refractivity contribution in [2.24, 2.45) is 0 Å². The van der Waals surface area contributed by atoms with Gasteiger partial charge in [0, 0.05) is 23.7 Å². The molecule has 23 heavy (non-hydrogen) atoms. The minimum Gasteiger partial charge on any atom is -0.303 e. The first-order valence-electron chi connectivity index (χ1n) is 8.05. The molecule has 0 saturated carbocycles. The topological polar surface area (TPSA) is 23.6 Å². The molecule has 0 aromatic heterocycles. The van der Waals surface area contributed by atoms with Gasteiger partial charge in [0.05, 0.1) is 0 Å². The van der Waals surface area contributed by atoms with Crippen molar-refractivity contribution in [1.29, 1.82) is 0 Å². The lowest BCUT2D eigenvalue weighted by atomic mass is 10.2. The van der Waals surface area contributed by atoms with E-state index in [0.29, 0.717) is 0 Å². The molecule has 2 rings (SSSR count). The summed E-state index contributed by atoms with van der Waals surface area (Å²) in [5, 5.41) is 0.0644. The molecule has 2 aromatic carbocycles. The van der Waals surface area contributed by atoms with Gasteiger partial charge in [-0.1, -0.05) is 62.0 Å². The Bertz CT molecular complexity index is 545. The summed E-state index contributed by atoms with van der Waals surface area (Å²) in [5.74, 6) is 0.802. The van der Waals surface area contributed by atoms with Gasteiger partial charge in [0.25, 0.3) is 5.24 Å². The molecule has 0 N–H and O–H groups in total. The van der Waals surface area contributed by atoms with Crippen LogP contribution in [0.4, 0.5) is 16.2 Å². The molecule has 0 spiro atoms. The number of hydrogen-bond acceptors (Lipinski definition) is 3. The largest absolute Gasteiger partial charge is 0.303 e. The highest BCUT2D eigenvalue weighted by Crippen LogP contribution is 2.28. The third-order valence-corrected chi connectivity index (χ3v) is 4.56. The van der Waals surface area contributed by atoms with Gasteiger partial charge >= 0.3 is 0 Å². The normalized spacial score (nSPS) is 10.7. The van der Waals surface area contributed by atoms with Gasteiger partial charge in [-0.3, -0.25) is 9.69 Å². The lowest BCUT2D eigenvalue weighted by Gasteiger charge is -2.23. The first-order chi connectivity index (χ1) is 11.3. The van der Waals surface area contributed by atoms with Crippen LogP contribution in [-0.2, 0) is 0 Å². The summed E-state index contributed by atoms with van der Waals surface area (Å²) in [7, 11) is 0. The Labute approximate surface area is 143 Å². The van der Waals surface area contributed by atoms with Crippen LogP contribution in [0.2, 0.25) is 0 Å². The summed E-state index contributed by atoms with van der Waals surface area (Å²) in [5.41, 5.74) is 1.80. The summed E-state index contributed by atoms with van der Waals surface area (Å²) < 4.78 is 0. The van der Waals surface area contributed by atoms with Crippen LogP contribution >= 0.6 is 11.8 Å². The molecule has 0 saturated heterocycles. The Kier molecular flexibility index (Phi) is 7.17. The van der Waals surface area contributed by atoms with Crippen molar-refractivity contribution in [3.63, 3.8) is 0 Å². The van der Waals surface area contributed by atoms with Gasteiger partial charge in [-0.2, -0.15) is 0 Å². The number of carbonyl (C=O) groups excluding carboxylic acids is 1. The molecule has 3 nitrogen and oxygen atoms in total. The minimum absolute atomic E-state index is 0.0644. The van der Waals surface area contributed by atoms with Crippen LogP contribution < -0.4 is 4.90 Å². The average molecular weight is 328 g/mol. The molecule has 0 atom stereocenters. The van der Waals surface area contributed by atoms with Crippen molar-refractivity contribution in [1.82, 2.24) is 4.90 Å². The molecule has 0 radical (unpaired) electrons. The first kappa shape index (κ1) is 17.6. The molecular formula is C19H24N2OS. The number of hydrogen-bond donors (Lipinski definition) is 0. The van der Waals surface area contributed by atoms with Gasteiger partial charge in [0.2, 0.25) is 0 Å². The van der Waals surface area contributed by atoms with Gasteiger partial charge in [-0.25, -0.2) is 0 Å². The summed E-state index contributed by atoms with van der Waals surface area (Å²) in [6.45, 7) is 7.27. The van der Waals surface area contributed by atoms with E-state index in [4.69, 9.17) is 0 Å². The Morgan fingerprint density at radius 3 is 1.78 bits per heavy atom. The number of carbonyl (C=O) groups is 1. The Balaban J connectivity index is 2.10. The standard InChI is InChI=1S/C19H24N2OS/c1-3-20(4-2)15-16-23-19(22)21(17-11-7-5-8-12-17)18-13-9-6-10-14-18/h5-14H,3-4,15-16H2,1-2H3. The van der Waals surface area contributed by atoms with Crippen LogP contribution in [0.15, 0.2) is 60.7 Å². The zero-order valence-corrected chi connectivity index (χ0v) is 14.6. The molecule has 4 heteroatoms. The molecule has 0 heterocycles. The van der Waals surface area contributed by atoms with E-state index in [1.165, 1.54) is 11.8 Å². The monoisotopic (exact) mass is 328 g/mol. The minimum atomic E-state index is 0.0644. The van der Waals surface area contributed by atoms with Crippen LogP contribution in [0.25, 0.3) is 0 Å². The van der Waals surface area contributed by atoms with Gasteiger partial charge in [0.1, 0.15) is 0 Å². The average Bonchev–Trinajstić information content (AvgIpc) is 2.61. The van der Waals surface area contributed by atoms with Gasteiger partial charge in [-0.15, -0.1) is 0 Å². The van der Waals surface area contributed by atoms with E-state index >= 15 is 0 Å². The summed E-state index contributed by atoms with van der Waals surface area (Å²) in [6, 6.07) is 19.6. The molecular weight excluding hydrogens is 304 g/mol. The molecule has 0 aliphatic carbocycles. The number of nitrogens with zero attached hydrogens (tertiary/aromatic N) is 2. The van der Waals surface area contributed by atoms with Gasteiger partial charge in [-0.05, 0) is 37.4 Å². The van der Waals surface area contributed by atoms with Crippen molar-refractivity contribution in [3.8, 4) is 0 Å². The predicted octanol–water partition coefficient (Wildman–Crippen LogP) is 5.02. The van der Waals surface area contributed by atoms with E-state index in [2.05, 4.69) is 18.7 Å². The maximum atomic E-state index is 12.8. The third-order valence-electron chi connectivity index (χ3n) is 3.74. The molecule has 0 aliphatic rings. The SMILES string of the molecule is CCN(CC)CCSC(=O)N(c1ccccc1)c1ccccc1. The van der Waals surface area contributed by atoms with E-state index in [1.807, 2.05) is 60.7 Å². The predicted molar refractivity (Wildman–Crippen MR) is 101 cm³/mol. The van der Waals surface area contributed by atoms with E-state index in [0.717, 1.165) is 36.8 Å². The first-order valence-corrected chi connectivity index (χ1v) is 9.04. The highest BCUT2D eigenvalue weighted by Gasteiger charge is 2.18. The second kappa shape index (κ2) is 9.38. The molecule has 0 fully saturated rings. The maximum absolute atomic E-state index is 12.8. The van der Waals surface area contributed by atoms with Crippen LogP contribution in [0.1, 0.15) is 13.8 Å². The number of benzene rings is 2. The highest BCUT2D eigenvalue weighted by atomic mass is 32.2. The fraction of sp³-hybridized carbons (Fsp3) is 0.316. The second-order valence-corrected chi connectivity index (χ2v) is 6.19.